The molecule has 1 aromatic rings. The van der Waals surface area contributed by atoms with Gasteiger partial charge in [0.05, 0.1) is 0 Å². The third kappa shape index (κ3) is 2.20. The van der Waals surface area contributed by atoms with Crippen molar-refractivity contribution in [2.75, 3.05) is 32.7 Å². The average Bonchev–Trinajstić information content (AvgIpc) is 2.98. The monoisotopic (exact) mass is 303 g/mol. The van der Waals surface area contributed by atoms with Crippen LogP contribution in [0.5, 0.6) is 0 Å². The topological polar surface area (TPSA) is 81.3 Å². The molecule has 2 amide bonds. The molecule has 0 spiro atoms. The molecule has 3 heterocycles. The van der Waals surface area contributed by atoms with E-state index >= 15 is 0 Å². The van der Waals surface area contributed by atoms with Gasteiger partial charge in [-0.15, -0.1) is 0 Å². The Kier molecular flexibility index (Phi) is 3.37. The zero-order chi connectivity index (χ0) is 15.1. The number of piperazine rings is 2. The van der Waals surface area contributed by atoms with Crippen LogP contribution in [0, 0.1) is 0 Å². The molecule has 3 aliphatic rings. The summed E-state index contributed by atoms with van der Waals surface area (Å²) in [5, 5.41) is 10.2. The van der Waals surface area contributed by atoms with Crippen LogP contribution in [0.1, 0.15) is 34.6 Å². The molecule has 0 radical (unpaired) electrons. The van der Waals surface area contributed by atoms with Gasteiger partial charge in [0, 0.05) is 44.0 Å². The number of hydrogen-bond acceptors (Lipinski definition) is 4. The van der Waals surface area contributed by atoms with E-state index in [2.05, 4.69) is 20.4 Å². The largest absolute Gasteiger partial charge is 0.353 e. The van der Waals surface area contributed by atoms with Crippen LogP contribution in [0.3, 0.4) is 0 Å². The number of aromatic amines is 1. The first-order chi connectivity index (χ1) is 10.7. The normalized spacial score (nSPS) is 25.4. The van der Waals surface area contributed by atoms with E-state index < -0.39 is 0 Å². The van der Waals surface area contributed by atoms with Crippen LogP contribution >= 0.6 is 0 Å². The van der Waals surface area contributed by atoms with Crippen LogP contribution in [0.2, 0.25) is 0 Å². The SMILES string of the molecule is O=C1NCCN2CCN(C(=O)c3n[nH]c4c3CCCC4)C[C@H]12. The van der Waals surface area contributed by atoms with Crippen LogP contribution in [0.15, 0.2) is 0 Å². The van der Waals surface area contributed by atoms with Crippen molar-refractivity contribution in [3.05, 3.63) is 17.0 Å². The van der Waals surface area contributed by atoms with Crippen LogP contribution in [0.4, 0.5) is 0 Å². The van der Waals surface area contributed by atoms with Crippen molar-refractivity contribution in [1.29, 1.82) is 0 Å². The molecule has 1 atom stereocenters. The molecule has 2 N–H and O–H groups in total. The Hall–Kier alpha value is -1.89. The average molecular weight is 303 g/mol. The van der Waals surface area contributed by atoms with Gasteiger partial charge in [0.25, 0.3) is 5.91 Å². The smallest absolute Gasteiger partial charge is 0.274 e. The fraction of sp³-hybridized carbons (Fsp3) is 0.667. The van der Waals surface area contributed by atoms with Gasteiger partial charge < -0.3 is 10.2 Å². The number of carbonyl (C=O) groups excluding carboxylic acids is 2. The molecule has 22 heavy (non-hydrogen) atoms. The van der Waals surface area contributed by atoms with E-state index in [4.69, 9.17) is 0 Å². The molecular formula is C15H21N5O2. The highest BCUT2D eigenvalue weighted by Gasteiger charge is 2.37. The summed E-state index contributed by atoms with van der Waals surface area (Å²) in [6.45, 7) is 3.47. The molecule has 118 valence electrons. The number of rotatable bonds is 1. The molecule has 0 unspecified atom stereocenters. The van der Waals surface area contributed by atoms with Gasteiger partial charge in [-0.25, -0.2) is 0 Å². The fourth-order valence-corrected chi connectivity index (χ4v) is 3.77. The number of fused-ring (bicyclic) bond motifs is 2. The predicted octanol–water partition coefficient (Wildman–Crippen LogP) is -0.455. The number of amides is 2. The summed E-state index contributed by atoms with van der Waals surface area (Å²) in [6.07, 6.45) is 4.18. The van der Waals surface area contributed by atoms with Crippen molar-refractivity contribution in [3.63, 3.8) is 0 Å². The summed E-state index contributed by atoms with van der Waals surface area (Å²) in [5.41, 5.74) is 2.77. The standard InChI is InChI=1S/C15H21N5O2/c21-14-12-9-20(8-7-19(12)6-5-16-14)15(22)13-10-3-1-2-4-11(10)17-18-13/h12H,1-9H2,(H,16,21)(H,17,18)/t12-/m1/s1. The Bertz CT molecular complexity index is 611. The molecule has 4 rings (SSSR count). The Labute approximate surface area is 129 Å². The quantitative estimate of drug-likeness (QED) is 0.736. The van der Waals surface area contributed by atoms with Gasteiger partial charge in [-0.05, 0) is 25.7 Å². The number of aromatic nitrogens is 2. The van der Waals surface area contributed by atoms with Crippen molar-refractivity contribution in [2.24, 2.45) is 0 Å². The Morgan fingerprint density at radius 1 is 1.18 bits per heavy atom. The Morgan fingerprint density at radius 2 is 2.05 bits per heavy atom. The first kappa shape index (κ1) is 13.8. The van der Waals surface area contributed by atoms with E-state index in [0.29, 0.717) is 25.3 Å². The van der Waals surface area contributed by atoms with Crippen LogP contribution < -0.4 is 5.32 Å². The molecule has 2 fully saturated rings. The van der Waals surface area contributed by atoms with E-state index in [-0.39, 0.29) is 17.9 Å². The molecule has 0 saturated carbocycles. The second-order valence-electron chi connectivity index (χ2n) is 6.33. The van der Waals surface area contributed by atoms with E-state index in [1.54, 1.807) is 4.90 Å². The van der Waals surface area contributed by atoms with Gasteiger partial charge in [0.15, 0.2) is 5.69 Å². The third-order valence-corrected chi connectivity index (χ3v) is 5.04. The van der Waals surface area contributed by atoms with E-state index in [9.17, 15) is 9.59 Å². The van der Waals surface area contributed by atoms with Gasteiger partial charge in [-0.1, -0.05) is 0 Å². The lowest BCUT2D eigenvalue weighted by Crippen LogP contribution is -2.64. The second-order valence-corrected chi connectivity index (χ2v) is 6.33. The lowest BCUT2D eigenvalue weighted by Gasteiger charge is -2.42. The third-order valence-electron chi connectivity index (χ3n) is 5.04. The summed E-state index contributed by atoms with van der Waals surface area (Å²) in [6, 6.07) is -0.207. The number of H-pyrrole nitrogens is 1. The minimum absolute atomic E-state index is 0.0302. The molecule has 2 aliphatic heterocycles. The minimum atomic E-state index is -0.207. The summed E-state index contributed by atoms with van der Waals surface area (Å²) in [4.78, 5) is 28.8. The van der Waals surface area contributed by atoms with Crippen molar-refractivity contribution in [3.8, 4) is 0 Å². The number of nitrogens with one attached hydrogen (secondary N) is 2. The number of aryl methyl sites for hydroxylation is 1. The zero-order valence-electron chi connectivity index (χ0n) is 12.6. The van der Waals surface area contributed by atoms with Crippen LogP contribution in [-0.4, -0.2) is 70.6 Å². The predicted molar refractivity (Wildman–Crippen MR) is 79.5 cm³/mol. The van der Waals surface area contributed by atoms with Gasteiger partial charge >= 0.3 is 0 Å². The van der Waals surface area contributed by atoms with Gasteiger partial charge in [0.2, 0.25) is 5.91 Å². The summed E-state index contributed by atoms with van der Waals surface area (Å²) >= 11 is 0. The fourth-order valence-electron chi connectivity index (χ4n) is 3.77. The van der Waals surface area contributed by atoms with E-state index in [1.807, 2.05) is 0 Å². The maximum Gasteiger partial charge on any atom is 0.274 e. The van der Waals surface area contributed by atoms with E-state index in [0.717, 1.165) is 50.0 Å². The highest BCUT2D eigenvalue weighted by Crippen LogP contribution is 2.24. The Morgan fingerprint density at radius 3 is 2.95 bits per heavy atom. The maximum absolute atomic E-state index is 12.8. The Balaban J connectivity index is 1.53. The number of nitrogens with zero attached hydrogens (tertiary/aromatic N) is 3. The minimum Gasteiger partial charge on any atom is -0.353 e. The molecule has 2 saturated heterocycles. The lowest BCUT2D eigenvalue weighted by atomic mass is 9.95. The van der Waals surface area contributed by atoms with Crippen LogP contribution in [0.25, 0.3) is 0 Å². The summed E-state index contributed by atoms with van der Waals surface area (Å²) in [7, 11) is 0. The summed E-state index contributed by atoms with van der Waals surface area (Å²) in [5.74, 6) is 0.00484. The molecule has 0 aromatic carbocycles. The van der Waals surface area contributed by atoms with Crippen molar-refractivity contribution >= 4 is 11.8 Å². The number of hydrogen-bond donors (Lipinski definition) is 2. The number of carbonyl (C=O) groups is 2. The first-order valence-electron chi connectivity index (χ1n) is 8.11. The van der Waals surface area contributed by atoms with Crippen molar-refractivity contribution in [2.45, 2.75) is 31.7 Å². The van der Waals surface area contributed by atoms with E-state index in [1.165, 1.54) is 0 Å². The highest BCUT2D eigenvalue weighted by atomic mass is 16.2. The first-order valence-corrected chi connectivity index (χ1v) is 8.11. The molecule has 1 aromatic heterocycles. The van der Waals surface area contributed by atoms with Gasteiger partial charge in [0.1, 0.15) is 6.04 Å². The van der Waals surface area contributed by atoms with Gasteiger partial charge in [-0.3, -0.25) is 19.6 Å². The molecular weight excluding hydrogens is 282 g/mol. The summed E-state index contributed by atoms with van der Waals surface area (Å²) < 4.78 is 0. The molecule has 0 bridgehead atoms. The molecule has 7 nitrogen and oxygen atoms in total. The maximum atomic E-state index is 12.8. The zero-order valence-corrected chi connectivity index (χ0v) is 12.6. The lowest BCUT2D eigenvalue weighted by molar-refractivity contribution is -0.131. The highest BCUT2D eigenvalue weighted by molar-refractivity contribution is 5.95. The van der Waals surface area contributed by atoms with Crippen molar-refractivity contribution < 1.29 is 9.59 Å². The van der Waals surface area contributed by atoms with Crippen LogP contribution in [-0.2, 0) is 17.6 Å². The van der Waals surface area contributed by atoms with Crippen molar-refractivity contribution in [1.82, 2.24) is 25.3 Å². The molecule has 7 heteroatoms. The second kappa shape index (κ2) is 5.39. The molecule has 1 aliphatic carbocycles. The van der Waals surface area contributed by atoms with Gasteiger partial charge in [-0.2, -0.15) is 5.10 Å².